The van der Waals surface area contributed by atoms with Crippen molar-refractivity contribution in [3.63, 3.8) is 0 Å². The van der Waals surface area contributed by atoms with Gasteiger partial charge in [0.2, 0.25) is 12.0 Å². The number of hydrogen-bond acceptors (Lipinski definition) is 10. The van der Waals surface area contributed by atoms with E-state index >= 15 is 4.39 Å². The number of ether oxygens (including phenoxy) is 5. The zero-order valence-corrected chi connectivity index (χ0v) is 19.0. The minimum Gasteiger partial charge on any atom is -0.481 e. The molecule has 182 valence electrons. The summed E-state index contributed by atoms with van der Waals surface area (Å²) in [6.45, 7) is 0.967. The monoisotopic (exact) mass is 498 g/mol. The first-order valence-electron chi connectivity index (χ1n) is 9.81. The number of halogens is 2. The highest BCUT2D eigenvalue weighted by Crippen LogP contribution is 2.42. The summed E-state index contributed by atoms with van der Waals surface area (Å²) in [6, 6.07) is 7.01. The first-order valence-corrected chi connectivity index (χ1v) is 10.2. The molecule has 0 amide bonds. The summed E-state index contributed by atoms with van der Waals surface area (Å²) < 4.78 is 42.4. The van der Waals surface area contributed by atoms with Gasteiger partial charge in [-0.25, -0.2) is 14.0 Å². The smallest absolute Gasteiger partial charge is 0.353 e. The number of aromatic nitrogens is 2. The molecular weight excluding hydrogens is 479 g/mol. The number of benzene rings is 1. The maximum absolute atomic E-state index is 16.1. The Labute approximate surface area is 197 Å². The van der Waals surface area contributed by atoms with Gasteiger partial charge in [0.25, 0.3) is 5.85 Å². The fraction of sp³-hybridized carbons (Fsp3) is 0.381. The molecule has 0 N–H and O–H groups in total. The fourth-order valence-electron chi connectivity index (χ4n) is 3.27. The summed E-state index contributed by atoms with van der Waals surface area (Å²) >= 11 is 5.86. The molecule has 0 bridgehead atoms. The molecule has 2 aromatic rings. The lowest BCUT2D eigenvalue weighted by Crippen LogP contribution is -2.47. The number of rotatable bonds is 7. The van der Waals surface area contributed by atoms with Crippen molar-refractivity contribution >= 4 is 29.5 Å². The molecule has 1 saturated heterocycles. The Hall–Kier alpha value is -3.51. The molecule has 0 unspecified atom stereocenters. The second kappa shape index (κ2) is 10.2. The van der Waals surface area contributed by atoms with Gasteiger partial charge in [-0.15, -0.1) is 0 Å². The van der Waals surface area contributed by atoms with E-state index in [1.54, 1.807) is 0 Å². The van der Waals surface area contributed by atoms with Crippen LogP contribution in [0.4, 0.5) is 4.39 Å². The van der Waals surface area contributed by atoms with Crippen LogP contribution < -0.4 is 10.4 Å². The molecule has 1 fully saturated rings. The van der Waals surface area contributed by atoms with Crippen LogP contribution in [0.5, 0.6) is 5.88 Å². The van der Waals surface area contributed by atoms with Crippen LogP contribution >= 0.6 is 11.6 Å². The van der Waals surface area contributed by atoms with E-state index in [-0.39, 0.29) is 16.5 Å². The Bertz CT molecular complexity index is 1160. The molecule has 1 aromatic carbocycles. The van der Waals surface area contributed by atoms with Crippen LogP contribution in [0.25, 0.3) is 0 Å². The highest BCUT2D eigenvalue weighted by molar-refractivity contribution is 6.30. The lowest BCUT2D eigenvalue weighted by Gasteiger charge is -2.26. The van der Waals surface area contributed by atoms with Gasteiger partial charge >= 0.3 is 23.6 Å². The van der Waals surface area contributed by atoms with Crippen molar-refractivity contribution in [2.45, 2.75) is 38.1 Å². The average molecular weight is 499 g/mol. The van der Waals surface area contributed by atoms with E-state index in [0.29, 0.717) is 0 Å². The molecule has 1 aliphatic heterocycles. The van der Waals surface area contributed by atoms with Crippen molar-refractivity contribution in [2.24, 2.45) is 0 Å². The predicted molar refractivity (Wildman–Crippen MR) is 112 cm³/mol. The third-order valence-electron chi connectivity index (χ3n) is 4.66. The molecule has 34 heavy (non-hydrogen) atoms. The molecule has 1 aromatic heterocycles. The van der Waals surface area contributed by atoms with Gasteiger partial charge in [0, 0.05) is 31.1 Å². The standard InChI is InChI=1S/C21H20ClFN2O9/c1-11(26)32-16-17(33-12(2)27)21(23,10-31-19(28)13-5-4-6-14(22)9-13)34-18(16)25-8-7-15(30-3)24-20(25)29/h4-9,16-18H,10H2,1-3H3/t16-,17+,18-,21-/m1/s1. The summed E-state index contributed by atoms with van der Waals surface area (Å²) in [7, 11) is 1.29. The van der Waals surface area contributed by atoms with E-state index in [4.69, 9.17) is 35.3 Å². The van der Waals surface area contributed by atoms with Crippen LogP contribution in [0, 0.1) is 0 Å². The van der Waals surface area contributed by atoms with E-state index in [1.165, 1.54) is 43.6 Å². The summed E-state index contributed by atoms with van der Waals surface area (Å²) in [5, 5.41) is 0.251. The van der Waals surface area contributed by atoms with Gasteiger partial charge in [-0.3, -0.25) is 14.2 Å². The van der Waals surface area contributed by atoms with Crippen LogP contribution in [-0.4, -0.2) is 59.2 Å². The minimum atomic E-state index is -3.00. The Morgan fingerprint density at radius 3 is 2.50 bits per heavy atom. The second-order valence-corrected chi connectivity index (χ2v) is 7.58. The van der Waals surface area contributed by atoms with Crippen molar-refractivity contribution in [2.75, 3.05) is 13.7 Å². The van der Waals surface area contributed by atoms with E-state index in [2.05, 4.69) is 4.98 Å². The molecule has 11 nitrogen and oxygen atoms in total. The number of methoxy groups -OCH3 is 1. The van der Waals surface area contributed by atoms with Gasteiger partial charge in [0.15, 0.2) is 18.9 Å². The van der Waals surface area contributed by atoms with Crippen LogP contribution in [-0.2, 0) is 28.5 Å². The maximum atomic E-state index is 16.1. The van der Waals surface area contributed by atoms with E-state index in [1.807, 2.05) is 0 Å². The average Bonchev–Trinajstić information content (AvgIpc) is 3.03. The lowest BCUT2D eigenvalue weighted by molar-refractivity contribution is -0.217. The Morgan fingerprint density at radius 2 is 1.91 bits per heavy atom. The molecule has 3 rings (SSSR count). The van der Waals surface area contributed by atoms with Crippen molar-refractivity contribution in [1.82, 2.24) is 9.55 Å². The normalized spacial score (nSPS) is 23.7. The third-order valence-corrected chi connectivity index (χ3v) is 4.90. The highest BCUT2D eigenvalue weighted by Gasteiger charge is 2.62. The Morgan fingerprint density at radius 1 is 1.21 bits per heavy atom. The van der Waals surface area contributed by atoms with E-state index < -0.39 is 54.5 Å². The molecule has 0 aliphatic carbocycles. The van der Waals surface area contributed by atoms with Crippen LogP contribution in [0.3, 0.4) is 0 Å². The zero-order valence-electron chi connectivity index (χ0n) is 18.2. The van der Waals surface area contributed by atoms with Crippen LogP contribution in [0.1, 0.15) is 30.4 Å². The van der Waals surface area contributed by atoms with Crippen LogP contribution in [0.2, 0.25) is 5.02 Å². The topological polar surface area (TPSA) is 132 Å². The van der Waals surface area contributed by atoms with Crippen LogP contribution in [0.15, 0.2) is 41.3 Å². The number of nitrogens with zero attached hydrogens (tertiary/aromatic N) is 2. The Kier molecular flexibility index (Phi) is 7.52. The molecule has 0 spiro atoms. The van der Waals surface area contributed by atoms with Crippen molar-refractivity contribution < 1.29 is 42.5 Å². The number of carbonyl (C=O) groups is 3. The fourth-order valence-corrected chi connectivity index (χ4v) is 3.46. The van der Waals surface area contributed by atoms with Crippen molar-refractivity contribution in [3.05, 3.63) is 57.6 Å². The van der Waals surface area contributed by atoms with Gasteiger partial charge in [0.1, 0.15) is 0 Å². The van der Waals surface area contributed by atoms with E-state index in [0.717, 1.165) is 18.4 Å². The number of hydrogen-bond donors (Lipinski definition) is 0. The van der Waals surface area contributed by atoms with Crippen molar-refractivity contribution in [1.29, 1.82) is 0 Å². The first-order chi connectivity index (χ1) is 16.0. The molecule has 1 aliphatic rings. The van der Waals surface area contributed by atoms with Gasteiger partial charge in [-0.2, -0.15) is 4.98 Å². The van der Waals surface area contributed by atoms with E-state index in [9.17, 15) is 19.2 Å². The minimum absolute atomic E-state index is 0.0261. The zero-order chi connectivity index (χ0) is 25.0. The molecule has 0 radical (unpaired) electrons. The molecule has 2 heterocycles. The number of esters is 3. The maximum Gasteiger partial charge on any atom is 0.353 e. The lowest BCUT2D eigenvalue weighted by atomic mass is 10.1. The largest absolute Gasteiger partial charge is 0.481 e. The molecular formula is C21H20ClFN2O9. The Balaban J connectivity index is 1.95. The molecule has 0 saturated carbocycles. The predicted octanol–water partition coefficient (Wildman–Crippen LogP) is 1.82. The van der Waals surface area contributed by atoms with Gasteiger partial charge < -0.3 is 23.7 Å². The molecule has 13 heteroatoms. The second-order valence-electron chi connectivity index (χ2n) is 7.14. The SMILES string of the molecule is COc1ccn([C@@H]2O[C@](F)(COC(=O)c3cccc(Cl)c3)[C@@H](OC(C)=O)[C@H]2OC(C)=O)c(=O)n1. The first kappa shape index (κ1) is 25.1. The van der Waals surface area contributed by atoms with Crippen molar-refractivity contribution in [3.8, 4) is 5.88 Å². The van der Waals surface area contributed by atoms with Gasteiger partial charge in [-0.05, 0) is 18.2 Å². The summed E-state index contributed by atoms with van der Waals surface area (Å²) in [5.41, 5.74) is -0.898. The quantitative estimate of drug-likeness (QED) is 0.411. The number of alkyl halides is 1. The molecule has 4 atom stereocenters. The summed E-state index contributed by atoms with van der Waals surface area (Å²) in [4.78, 5) is 51.9. The summed E-state index contributed by atoms with van der Waals surface area (Å²) in [5.74, 6) is -5.77. The van der Waals surface area contributed by atoms with Gasteiger partial charge in [-0.1, -0.05) is 17.7 Å². The summed E-state index contributed by atoms with van der Waals surface area (Å²) in [6.07, 6.45) is -3.96. The highest BCUT2D eigenvalue weighted by atomic mass is 35.5. The third kappa shape index (κ3) is 5.51. The van der Waals surface area contributed by atoms with Gasteiger partial charge in [0.05, 0.1) is 12.7 Å². The number of carbonyl (C=O) groups excluding carboxylic acids is 3.